The van der Waals surface area contributed by atoms with Crippen LogP contribution in [0.25, 0.3) is 0 Å². The van der Waals surface area contributed by atoms with E-state index in [1.807, 2.05) is 90.7 Å². The number of aryl methyl sites for hydroxylation is 1. The maximum Gasteiger partial charge on any atom is 0.410 e. The Hall–Kier alpha value is -3.29. The third-order valence-corrected chi connectivity index (χ3v) is 6.30. The van der Waals surface area contributed by atoms with E-state index in [0.29, 0.717) is 32.4 Å². The molecule has 1 aromatic carbocycles. The quantitative estimate of drug-likeness (QED) is 0.297. The summed E-state index contributed by atoms with van der Waals surface area (Å²) in [6.45, 7) is 18.6. The van der Waals surface area contributed by atoms with E-state index in [0.717, 1.165) is 28.4 Å². The lowest BCUT2D eigenvalue weighted by molar-refractivity contribution is -0.127. The highest BCUT2D eigenvalue weighted by Gasteiger charge is 2.27. The summed E-state index contributed by atoms with van der Waals surface area (Å²) in [4.78, 5) is 26.7. The molecule has 1 aliphatic rings. The van der Waals surface area contributed by atoms with Crippen molar-refractivity contribution in [2.24, 2.45) is 10.5 Å². The molecule has 216 valence electrons. The summed E-state index contributed by atoms with van der Waals surface area (Å²) in [5.41, 5.74) is 2.85. The molecule has 0 aromatic heterocycles. The van der Waals surface area contributed by atoms with E-state index < -0.39 is 11.0 Å². The summed E-state index contributed by atoms with van der Waals surface area (Å²) in [6, 6.07) is 5.85. The van der Waals surface area contributed by atoms with Gasteiger partial charge in [-0.05, 0) is 58.7 Å². The van der Waals surface area contributed by atoms with Crippen molar-refractivity contribution in [2.45, 2.75) is 93.2 Å². The van der Waals surface area contributed by atoms with Gasteiger partial charge in [0.25, 0.3) is 0 Å². The Morgan fingerprint density at radius 2 is 1.79 bits per heavy atom. The molecule has 0 spiro atoms. The molecule has 2 amide bonds. The van der Waals surface area contributed by atoms with Gasteiger partial charge in [-0.1, -0.05) is 52.0 Å². The molecule has 1 N–H and O–H groups in total. The second-order valence-corrected chi connectivity index (χ2v) is 12.0. The van der Waals surface area contributed by atoms with E-state index >= 15 is 0 Å². The summed E-state index contributed by atoms with van der Waals surface area (Å²) in [7, 11) is 1.66. The number of methoxy groups -OCH3 is 1. The first-order valence-corrected chi connectivity index (χ1v) is 13.8. The van der Waals surface area contributed by atoms with Crippen molar-refractivity contribution in [3.05, 3.63) is 47.7 Å². The lowest BCUT2D eigenvalue weighted by atomic mass is 9.95. The van der Waals surface area contributed by atoms with Crippen LogP contribution in [0, 0.1) is 12.3 Å². The number of para-hydroxylation sites is 1. The fraction of sp³-hybridized carbons (Fsp3) is 0.581. The number of piperidine rings is 1. The van der Waals surface area contributed by atoms with Crippen molar-refractivity contribution < 1.29 is 19.1 Å². The number of nitrogens with one attached hydrogen (secondary N) is 1. The third-order valence-electron chi connectivity index (χ3n) is 6.30. The number of nitrogens with zero attached hydrogens (tertiary/aromatic N) is 3. The van der Waals surface area contributed by atoms with Crippen LogP contribution in [0.1, 0.15) is 80.2 Å². The zero-order chi connectivity index (χ0) is 29.4. The molecule has 1 saturated heterocycles. The molecule has 1 unspecified atom stereocenters. The molecule has 0 aliphatic carbocycles. The van der Waals surface area contributed by atoms with Crippen LogP contribution in [-0.4, -0.2) is 54.5 Å². The number of hydrazone groups is 1. The molecular formula is C31H48N4O4. The second kappa shape index (κ2) is 13.7. The van der Waals surface area contributed by atoms with Crippen LogP contribution >= 0.6 is 0 Å². The average Bonchev–Trinajstić information content (AvgIpc) is 2.85. The highest BCUT2D eigenvalue weighted by molar-refractivity contribution is 5.88. The van der Waals surface area contributed by atoms with E-state index in [1.54, 1.807) is 12.0 Å². The summed E-state index contributed by atoms with van der Waals surface area (Å²) in [5.74, 6) is 0.737. The van der Waals surface area contributed by atoms with E-state index in [1.165, 1.54) is 0 Å². The molecule has 0 bridgehead atoms. The Bertz CT molecular complexity index is 1080. The molecule has 1 heterocycles. The van der Waals surface area contributed by atoms with Crippen molar-refractivity contribution in [1.82, 2.24) is 10.2 Å². The number of carbonyl (C=O) groups excluding carboxylic acids is 2. The van der Waals surface area contributed by atoms with Gasteiger partial charge in [0.15, 0.2) is 0 Å². The van der Waals surface area contributed by atoms with Gasteiger partial charge in [0.05, 0.1) is 13.2 Å². The first-order valence-electron chi connectivity index (χ1n) is 13.8. The van der Waals surface area contributed by atoms with E-state index in [9.17, 15) is 9.59 Å². The van der Waals surface area contributed by atoms with Gasteiger partial charge in [-0.3, -0.25) is 9.80 Å². The Kier molecular flexibility index (Phi) is 11.2. The van der Waals surface area contributed by atoms with Crippen molar-refractivity contribution in [3.8, 4) is 5.75 Å². The number of anilines is 1. The zero-order valence-corrected chi connectivity index (χ0v) is 25.6. The molecule has 8 heteroatoms. The largest absolute Gasteiger partial charge is 0.495 e. The number of ether oxygens (including phenoxy) is 2. The predicted molar refractivity (Wildman–Crippen MR) is 159 cm³/mol. The van der Waals surface area contributed by atoms with E-state index in [4.69, 9.17) is 14.6 Å². The average molecular weight is 541 g/mol. The van der Waals surface area contributed by atoms with Gasteiger partial charge in [0.1, 0.15) is 17.0 Å². The first kappa shape index (κ1) is 31.9. The second-order valence-electron chi connectivity index (χ2n) is 12.0. The summed E-state index contributed by atoms with van der Waals surface area (Å²) >= 11 is 0. The Labute approximate surface area is 235 Å². The van der Waals surface area contributed by atoms with Gasteiger partial charge in [-0.2, -0.15) is 5.10 Å². The van der Waals surface area contributed by atoms with Gasteiger partial charge in [-0.15, -0.1) is 0 Å². The minimum absolute atomic E-state index is 0.00699. The number of rotatable bonds is 8. The van der Waals surface area contributed by atoms with Crippen molar-refractivity contribution in [2.75, 3.05) is 25.2 Å². The van der Waals surface area contributed by atoms with Gasteiger partial charge in [0.2, 0.25) is 5.91 Å². The molecule has 39 heavy (non-hydrogen) atoms. The number of benzene rings is 1. The fourth-order valence-electron chi connectivity index (χ4n) is 3.96. The van der Waals surface area contributed by atoms with Gasteiger partial charge in [-0.25, -0.2) is 4.79 Å². The van der Waals surface area contributed by atoms with Crippen LogP contribution in [0.5, 0.6) is 5.75 Å². The maximum atomic E-state index is 12.5. The number of hydrogen-bond donors (Lipinski definition) is 1. The topological polar surface area (TPSA) is 83.5 Å². The molecule has 1 aliphatic heterocycles. The van der Waals surface area contributed by atoms with Gasteiger partial charge < -0.3 is 19.7 Å². The highest BCUT2D eigenvalue weighted by Crippen LogP contribution is 2.34. The molecule has 8 nitrogen and oxygen atoms in total. The fourth-order valence-corrected chi connectivity index (χ4v) is 3.96. The van der Waals surface area contributed by atoms with Gasteiger partial charge >= 0.3 is 6.09 Å². The van der Waals surface area contributed by atoms with Crippen molar-refractivity contribution >= 4 is 23.4 Å². The molecule has 0 saturated carbocycles. The third kappa shape index (κ3) is 9.75. The van der Waals surface area contributed by atoms with Crippen LogP contribution in [-0.2, 0) is 9.53 Å². The van der Waals surface area contributed by atoms with Crippen LogP contribution in [0.3, 0.4) is 0 Å². The maximum absolute atomic E-state index is 12.5. The smallest absolute Gasteiger partial charge is 0.410 e. The van der Waals surface area contributed by atoms with Crippen LogP contribution in [0.2, 0.25) is 0 Å². The number of amides is 2. The number of hydrogen-bond acceptors (Lipinski definition) is 6. The Morgan fingerprint density at radius 3 is 2.33 bits per heavy atom. The lowest BCUT2D eigenvalue weighted by Gasteiger charge is -2.32. The zero-order valence-electron chi connectivity index (χ0n) is 25.6. The SMILES string of the molecule is CC/C(=C\C=C/C(C)N(N=C1CCN(C(=O)OC(C)(C)C)CC1)c1c(C)cccc1OC)NC(=O)C(C)(C)C. The molecule has 2 rings (SSSR count). The van der Waals surface area contributed by atoms with E-state index in [-0.39, 0.29) is 18.0 Å². The predicted octanol–water partition coefficient (Wildman–Crippen LogP) is 6.60. The molecule has 1 atom stereocenters. The van der Waals surface area contributed by atoms with Crippen LogP contribution in [0.4, 0.5) is 10.5 Å². The standard InChI is InChI=1S/C31H48N4O4/c1-11-24(32-28(36)30(4,5)6)16-13-15-23(3)35(27-22(2)14-12-17-26(27)38-10)33-25-18-20-34(21-19-25)29(37)39-31(7,8)9/h12-17,23H,11,18-21H2,1-10H3,(H,32,36)/b15-13-,24-16+. The first-order chi connectivity index (χ1) is 18.2. The normalized spacial score (nSPS) is 15.7. The van der Waals surface area contributed by atoms with Crippen LogP contribution < -0.4 is 15.1 Å². The molecule has 1 aromatic rings. The number of likely N-dealkylation sites (tertiary alicyclic amines) is 1. The highest BCUT2D eigenvalue weighted by atomic mass is 16.6. The number of allylic oxidation sites excluding steroid dienone is 3. The monoisotopic (exact) mass is 540 g/mol. The lowest BCUT2D eigenvalue weighted by Crippen LogP contribution is -2.42. The Balaban J connectivity index is 2.31. The minimum Gasteiger partial charge on any atom is -0.495 e. The minimum atomic E-state index is -0.521. The van der Waals surface area contributed by atoms with Crippen LogP contribution in [0.15, 0.2) is 47.2 Å². The Morgan fingerprint density at radius 1 is 1.15 bits per heavy atom. The van der Waals surface area contributed by atoms with Crippen molar-refractivity contribution in [1.29, 1.82) is 0 Å². The van der Waals surface area contributed by atoms with E-state index in [2.05, 4.69) is 18.3 Å². The summed E-state index contributed by atoms with van der Waals surface area (Å²) in [5, 5.41) is 10.1. The summed E-state index contributed by atoms with van der Waals surface area (Å²) < 4.78 is 11.3. The summed E-state index contributed by atoms with van der Waals surface area (Å²) in [6.07, 6.45) is 7.73. The molecular weight excluding hydrogens is 492 g/mol. The molecule has 0 radical (unpaired) electrons. The van der Waals surface area contributed by atoms with Crippen molar-refractivity contribution in [3.63, 3.8) is 0 Å². The van der Waals surface area contributed by atoms with Gasteiger partial charge in [0, 0.05) is 42.8 Å². The number of carbonyl (C=O) groups is 2. The molecule has 1 fully saturated rings.